The normalized spacial score (nSPS) is 16.8. The van der Waals surface area contributed by atoms with E-state index in [0.29, 0.717) is 16.9 Å². The molecule has 112 valence electrons. The number of aryl methyl sites for hydroxylation is 3. The van der Waals surface area contributed by atoms with Gasteiger partial charge in [0.2, 0.25) is 0 Å². The van der Waals surface area contributed by atoms with E-state index in [-0.39, 0.29) is 12.5 Å². The number of hydrogen-bond donors (Lipinski definition) is 2. The molecule has 0 aromatic carbocycles. The van der Waals surface area contributed by atoms with Crippen molar-refractivity contribution >= 4 is 11.6 Å². The third-order valence-corrected chi connectivity index (χ3v) is 4.16. The molecule has 0 saturated heterocycles. The third-order valence-electron chi connectivity index (χ3n) is 4.16. The molecule has 0 atom stereocenters. The first-order chi connectivity index (χ1) is 9.89. The molecule has 2 aromatic heterocycles. The molecule has 3 rings (SSSR count). The van der Waals surface area contributed by atoms with Crippen LogP contribution in [0.2, 0.25) is 0 Å². The fourth-order valence-electron chi connectivity index (χ4n) is 2.79. The second-order valence-electron chi connectivity index (χ2n) is 6.00. The van der Waals surface area contributed by atoms with Gasteiger partial charge in [-0.2, -0.15) is 5.10 Å². The zero-order valence-electron chi connectivity index (χ0n) is 12.6. The summed E-state index contributed by atoms with van der Waals surface area (Å²) < 4.78 is 1.69. The van der Waals surface area contributed by atoms with Crippen LogP contribution in [0.25, 0.3) is 5.65 Å². The maximum absolute atomic E-state index is 12.4. The van der Waals surface area contributed by atoms with E-state index in [1.165, 1.54) is 0 Å². The van der Waals surface area contributed by atoms with Crippen molar-refractivity contribution in [2.24, 2.45) is 0 Å². The lowest BCUT2D eigenvalue weighted by Gasteiger charge is -2.36. The number of aromatic nitrogens is 3. The second kappa shape index (κ2) is 4.80. The van der Waals surface area contributed by atoms with Crippen LogP contribution in [0.5, 0.6) is 0 Å². The maximum Gasteiger partial charge on any atom is 0.257 e. The lowest BCUT2D eigenvalue weighted by molar-refractivity contribution is -0.0300. The van der Waals surface area contributed by atoms with Gasteiger partial charge in [0.1, 0.15) is 5.56 Å². The average molecular weight is 288 g/mol. The Kier molecular flexibility index (Phi) is 3.20. The van der Waals surface area contributed by atoms with Gasteiger partial charge in [-0.15, -0.1) is 0 Å². The molecule has 0 spiro atoms. The quantitative estimate of drug-likeness (QED) is 0.892. The summed E-state index contributed by atoms with van der Waals surface area (Å²) in [5.74, 6) is -0.222. The molecule has 0 unspecified atom stereocenters. The summed E-state index contributed by atoms with van der Waals surface area (Å²) in [6.07, 6.45) is 2.51. The van der Waals surface area contributed by atoms with Gasteiger partial charge in [0, 0.05) is 17.9 Å². The first-order valence-corrected chi connectivity index (χ1v) is 7.24. The van der Waals surface area contributed by atoms with Crippen LogP contribution < -0.4 is 5.32 Å². The van der Waals surface area contributed by atoms with Crippen molar-refractivity contribution in [2.75, 3.05) is 6.54 Å². The standard InChI is InChI=1S/C15H20N4O2/c1-9-7-10(2)19-13(17-9)12(11(3)18-19)14(20)16-8-15(21)5-4-6-15/h7,21H,4-6,8H2,1-3H3,(H,16,20). The van der Waals surface area contributed by atoms with Crippen LogP contribution in [0.15, 0.2) is 6.07 Å². The van der Waals surface area contributed by atoms with E-state index < -0.39 is 5.60 Å². The van der Waals surface area contributed by atoms with E-state index in [2.05, 4.69) is 15.4 Å². The van der Waals surface area contributed by atoms with Crippen LogP contribution in [0, 0.1) is 20.8 Å². The number of fused-ring (bicyclic) bond motifs is 1. The number of amides is 1. The topological polar surface area (TPSA) is 79.5 Å². The van der Waals surface area contributed by atoms with Gasteiger partial charge in [-0.1, -0.05) is 0 Å². The predicted molar refractivity (Wildman–Crippen MR) is 78.3 cm³/mol. The summed E-state index contributed by atoms with van der Waals surface area (Å²) >= 11 is 0. The third kappa shape index (κ3) is 2.40. The zero-order valence-corrected chi connectivity index (χ0v) is 12.6. The minimum absolute atomic E-state index is 0.222. The Labute approximate surface area is 123 Å². The minimum Gasteiger partial charge on any atom is -0.388 e. The number of nitrogens with zero attached hydrogens (tertiary/aromatic N) is 3. The molecule has 1 aliphatic rings. The van der Waals surface area contributed by atoms with Gasteiger partial charge in [0.15, 0.2) is 5.65 Å². The molecule has 2 N–H and O–H groups in total. The molecule has 1 aliphatic carbocycles. The average Bonchev–Trinajstić information content (AvgIpc) is 2.70. The Morgan fingerprint density at radius 3 is 2.76 bits per heavy atom. The SMILES string of the molecule is Cc1cc(C)n2nc(C)c(C(=O)NCC3(O)CCC3)c2n1. The molecule has 6 heteroatoms. The predicted octanol–water partition coefficient (Wildman–Crippen LogP) is 1.30. The van der Waals surface area contributed by atoms with E-state index in [1.54, 1.807) is 11.4 Å². The van der Waals surface area contributed by atoms with Crippen LogP contribution in [0.3, 0.4) is 0 Å². The van der Waals surface area contributed by atoms with Crippen molar-refractivity contribution in [3.8, 4) is 0 Å². The van der Waals surface area contributed by atoms with Crippen molar-refractivity contribution < 1.29 is 9.90 Å². The van der Waals surface area contributed by atoms with Gasteiger partial charge < -0.3 is 10.4 Å². The summed E-state index contributed by atoms with van der Waals surface area (Å²) in [7, 11) is 0. The highest BCUT2D eigenvalue weighted by molar-refractivity contribution is 6.01. The first kappa shape index (κ1) is 14.0. The molecule has 0 aliphatic heterocycles. The Morgan fingerprint density at radius 1 is 1.43 bits per heavy atom. The highest BCUT2D eigenvalue weighted by Crippen LogP contribution is 2.30. The van der Waals surface area contributed by atoms with Crippen molar-refractivity contribution in [1.82, 2.24) is 19.9 Å². The van der Waals surface area contributed by atoms with Crippen LogP contribution in [-0.4, -0.2) is 37.8 Å². The zero-order chi connectivity index (χ0) is 15.2. The van der Waals surface area contributed by atoms with Gasteiger partial charge in [-0.05, 0) is 46.1 Å². The lowest BCUT2D eigenvalue weighted by Crippen LogP contribution is -2.47. The lowest BCUT2D eigenvalue weighted by atomic mass is 9.80. The summed E-state index contributed by atoms with van der Waals surface area (Å²) in [4.78, 5) is 16.9. The van der Waals surface area contributed by atoms with Crippen LogP contribution in [0.1, 0.15) is 46.7 Å². The Hall–Kier alpha value is -1.95. The maximum atomic E-state index is 12.4. The van der Waals surface area contributed by atoms with Gasteiger partial charge in [-0.25, -0.2) is 9.50 Å². The van der Waals surface area contributed by atoms with Crippen LogP contribution in [0.4, 0.5) is 0 Å². The molecule has 1 fully saturated rings. The Morgan fingerprint density at radius 2 is 2.14 bits per heavy atom. The van der Waals surface area contributed by atoms with Crippen LogP contribution in [-0.2, 0) is 0 Å². The van der Waals surface area contributed by atoms with Gasteiger partial charge in [-0.3, -0.25) is 4.79 Å². The molecule has 2 aromatic rings. The first-order valence-electron chi connectivity index (χ1n) is 7.24. The van der Waals surface area contributed by atoms with Gasteiger partial charge in [0.05, 0.1) is 11.3 Å². The van der Waals surface area contributed by atoms with Crippen molar-refractivity contribution in [1.29, 1.82) is 0 Å². The molecule has 1 amide bonds. The molecule has 1 saturated carbocycles. The fourth-order valence-corrected chi connectivity index (χ4v) is 2.79. The summed E-state index contributed by atoms with van der Waals surface area (Å²) in [5.41, 5.74) is 2.78. The summed E-state index contributed by atoms with van der Waals surface area (Å²) in [6.45, 7) is 5.92. The highest BCUT2D eigenvalue weighted by Gasteiger charge is 2.35. The molecule has 2 heterocycles. The molecule has 6 nitrogen and oxygen atoms in total. The number of nitrogens with one attached hydrogen (secondary N) is 1. The molecular formula is C15H20N4O2. The van der Waals surface area contributed by atoms with Gasteiger partial charge >= 0.3 is 0 Å². The minimum atomic E-state index is -0.730. The Bertz CT molecular complexity index is 716. The summed E-state index contributed by atoms with van der Waals surface area (Å²) in [6, 6.07) is 1.93. The number of aliphatic hydroxyl groups is 1. The highest BCUT2D eigenvalue weighted by atomic mass is 16.3. The number of carbonyl (C=O) groups excluding carboxylic acids is 1. The van der Waals surface area contributed by atoms with Crippen LogP contribution >= 0.6 is 0 Å². The largest absolute Gasteiger partial charge is 0.388 e. The van der Waals surface area contributed by atoms with Crippen molar-refractivity contribution in [2.45, 2.75) is 45.6 Å². The summed E-state index contributed by atoms with van der Waals surface area (Å²) in [5, 5.41) is 17.3. The number of hydrogen-bond acceptors (Lipinski definition) is 4. The van der Waals surface area contributed by atoms with E-state index in [1.807, 2.05) is 19.9 Å². The molecule has 0 radical (unpaired) electrons. The molecular weight excluding hydrogens is 268 g/mol. The second-order valence-corrected chi connectivity index (χ2v) is 6.00. The smallest absolute Gasteiger partial charge is 0.257 e. The number of rotatable bonds is 3. The van der Waals surface area contributed by atoms with E-state index in [0.717, 1.165) is 30.7 Å². The van der Waals surface area contributed by atoms with Crippen molar-refractivity contribution in [3.05, 3.63) is 28.7 Å². The number of carbonyl (C=O) groups is 1. The van der Waals surface area contributed by atoms with Gasteiger partial charge in [0.25, 0.3) is 5.91 Å². The van der Waals surface area contributed by atoms with E-state index in [4.69, 9.17) is 0 Å². The van der Waals surface area contributed by atoms with Crippen molar-refractivity contribution in [3.63, 3.8) is 0 Å². The Balaban J connectivity index is 1.92. The molecule has 0 bridgehead atoms. The fraction of sp³-hybridized carbons (Fsp3) is 0.533. The van der Waals surface area contributed by atoms with E-state index in [9.17, 15) is 9.90 Å². The monoisotopic (exact) mass is 288 g/mol. The van der Waals surface area contributed by atoms with E-state index >= 15 is 0 Å². The molecule has 21 heavy (non-hydrogen) atoms.